The van der Waals surface area contributed by atoms with Crippen LogP contribution < -0.4 is 0 Å². The van der Waals surface area contributed by atoms with Gasteiger partial charge < -0.3 is 4.90 Å². The average Bonchev–Trinajstić information content (AvgIpc) is 2.82. The maximum absolute atomic E-state index is 12.0. The molecule has 0 aliphatic carbocycles. The molecule has 0 aromatic heterocycles. The van der Waals surface area contributed by atoms with Crippen LogP contribution in [-0.4, -0.2) is 30.3 Å². The monoisotopic (exact) mass is 271 g/mol. The van der Waals surface area contributed by atoms with E-state index in [2.05, 4.69) is 4.90 Å². The molecule has 0 radical (unpaired) electrons. The molecule has 1 aliphatic rings. The Morgan fingerprint density at radius 1 is 1.24 bits per heavy atom. The van der Waals surface area contributed by atoms with E-state index in [9.17, 15) is 4.79 Å². The van der Waals surface area contributed by atoms with Crippen LogP contribution in [0.25, 0.3) is 0 Å². The van der Waals surface area contributed by atoms with E-state index in [-0.39, 0.29) is 5.78 Å². The minimum atomic E-state index is 0.0735. The molecular weight excluding hydrogens is 257 g/mol. The van der Waals surface area contributed by atoms with Gasteiger partial charge in [-0.05, 0) is 38.1 Å². The van der Waals surface area contributed by atoms with Gasteiger partial charge in [0.15, 0.2) is 5.78 Å². The lowest BCUT2D eigenvalue weighted by atomic mass is 10.1. The summed E-state index contributed by atoms with van der Waals surface area (Å²) in [6.07, 6.45) is 3.00. The predicted octanol–water partition coefficient (Wildman–Crippen LogP) is 3.66. The van der Waals surface area contributed by atoms with Gasteiger partial charge in [-0.3, -0.25) is 4.79 Å². The summed E-state index contributed by atoms with van der Waals surface area (Å²) in [4.78, 5) is 14.3. The van der Waals surface area contributed by atoms with Gasteiger partial charge in [0.1, 0.15) is 0 Å². The van der Waals surface area contributed by atoms with Crippen molar-refractivity contribution in [1.82, 2.24) is 4.90 Å². The minimum absolute atomic E-state index is 0.0735. The lowest BCUT2D eigenvalue weighted by Crippen LogP contribution is -2.22. The highest BCUT2D eigenvalue weighted by molar-refractivity contribution is 6.43. The van der Waals surface area contributed by atoms with Crippen molar-refractivity contribution >= 4 is 29.0 Å². The summed E-state index contributed by atoms with van der Waals surface area (Å²) in [6.45, 7) is 3.04. The number of hydrogen-bond acceptors (Lipinski definition) is 2. The molecule has 17 heavy (non-hydrogen) atoms. The molecule has 0 amide bonds. The SMILES string of the molecule is O=C(CCN1CCCC1)c1cccc(Cl)c1Cl. The first-order chi connectivity index (χ1) is 8.18. The fraction of sp³-hybridized carbons (Fsp3) is 0.462. The largest absolute Gasteiger partial charge is 0.303 e. The lowest BCUT2D eigenvalue weighted by Gasteiger charge is -2.13. The first-order valence-corrected chi connectivity index (χ1v) is 6.63. The molecule has 1 aromatic rings. The molecule has 1 heterocycles. The molecule has 1 saturated heterocycles. The van der Waals surface area contributed by atoms with Crippen molar-refractivity contribution in [2.75, 3.05) is 19.6 Å². The summed E-state index contributed by atoms with van der Waals surface area (Å²) in [5.41, 5.74) is 0.540. The van der Waals surface area contributed by atoms with Gasteiger partial charge in [-0.25, -0.2) is 0 Å². The van der Waals surface area contributed by atoms with Gasteiger partial charge >= 0.3 is 0 Å². The summed E-state index contributed by atoms with van der Waals surface area (Å²) >= 11 is 11.9. The Balaban J connectivity index is 1.97. The first kappa shape index (κ1) is 12.9. The molecule has 0 saturated carbocycles. The fourth-order valence-electron chi connectivity index (χ4n) is 2.12. The predicted molar refractivity (Wildman–Crippen MR) is 71.1 cm³/mol. The zero-order chi connectivity index (χ0) is 12.3. The minimum Gasteiger partial charge on any atom is -0.303 e. The number of benzene rings is 1. The van der Waals surface area contributed by atoms with E-state index in [1.165, 1.54) is 12.8 Å². The first-order valence-electron chi connectivity index (χ1n) is 5.88. The van der Waals surface area contributed by atoms with Gasteiger partial charge in [0.2, 0.25) is 0 Å². The van der Waals surface area contributed by atoms with E-state index in [1.54, 1.807) is 18.2 Å². The maximum Gasteiger partial charge on any atom is 0.165 e. The standard InChI is InChI=1S/C13H15Cl2NO/c14-11-5-3-4-10(13(11)15)12(17)6-9-16-7-1-2-8-16/h3-5H,1-2,6-9H2. The molecule has 2 rings (SSSR count). The number of nitrogens with zero attached hydrogens (tertiary/aromatic N) is 1. The van der Waals surface area contributed by atoms with Crippen LogP contribution in [0, 0.1) is 0 Å². The molecule has 2 nitrogen and oxygen atoms in total. The van der Waals surface area contributed by atoms with E-state index >= 15 is 0 Å². The van der Waals surface area contributed by atoms with Crippen molar-refractivity contribution < 1.29 is 4.79 Å². The van der Waals surface area contributed by atoms with Crippen molar-refractivity contribution in [2.24, 2.45) is 0 Å². The molecule has 0 N–H and O–H groups in total. The Hall–Kier alpha value is -0.570. The average molecular weight is 272 g/mol. The molecule has 1 aromatic carbocycles. The lowest BCUT2D eigenvalue weighted by molar-refractivity contribution is 0.0969. The Labute approximate surface area is 112 Å². The van der Waals surface area contributed by atoms with Crippen molar-refractivity contribution in [2.45, 2.75) is 19.3 Å². The van der Waals surface area contributed by atoms with Crippen molar-refractivity contribution in [1.29, 1.82) is 0 Å². The highest BCUT2D eigenvalue weighted by Gasteiger charge is 2.16. The number of hydrogen-bond donors (Lipinski definition) is 0. The van der Waals surface area contributed by atoms with Crippen molar-refractivity contribution in [3.05, 3.63) is 33.8 Å². The maximum atomic E-state index is 12.0. The normalized spacial score (nSPS) is 16.4. The molecule has 1 fully saturated rings. The molecule has 0 atom stereocenters. The number of rotatable bonds is 4. The van der Waals surface area contributed by atoms with Crippen LogP contribution in [0.4, 0.5) is 0 Å². The van der Waals surface area contributed by atoms with E-state index in [1.807, 2.05) is 0 Å². The Morgan fingerprint density at radius 3 is 2.65 bits per heavy atom. The summed E-state index contributed by atoms with van der Waals surface area (Å²) in [6, 6.07) is 5.19. The van der Waals surface area contributed by atoms with E-state index in [0.29, 0.717) is 22.0 Å². The fourth-order valence-corrected chi connectivity index (χ4v) is 2.53. The van der Waals surface area contributed by atoms with Crippen LogP contribution in [-0.2, 0) is 0 Å². The summed E-state index contributed by atoms with van der Waals surface area (Å²) in [5.74, 6) is 0.0735. The molecule has 0 bridgehead atoms. The number of Topliss-reactive ketones (excluding diaryl/α,β-unsaturated/α-hetero) is 1. The number of carbonyl (C=O) groups excluding carboxylic acids is 1. The highest BCUT2D eigenvalue weighted by atomic mass is 35.5. The molecule has 1 aliphatic heterocycles. The summed E-state index contributed by atoms with van der Waals surface area (Å²) < 4.78 is 0. The third-order valence-corrected chi connectivity index (χ3v) is 3.92. The Morgan fingerprint density at radius 2 is 1.94 bits per heavy atom. The quantitative estimate of drug-likeness (QED) is 0.779. The number of likely N-dealkylation sites (tertiary alicyclic amines) is 1. The van der Waals surface area contributed by atoms with Gasteiger partial charge in [-0.1, -0.05) is 29.3 Å². The van der Waals surface area contributed by atoms with Crippen LogP contribution in [0.3, 0.4) is 0 Å². The Kier molecular flexibility index (Phi) is 4.43. The van der Waals surface area contributed by atoms with Gasteiger partial charge in [-0.2, -0.15) is 0 Å². The van der Waals surface area contributed by atoms with Gasteiger partial charge in [0.25, 0.3) is 0 Å². The zero-order valence-corrected chi connectivity index (χ0v) is 11.1. The zero-order valence-electron chi connectivity index (χ0n) is 9.59. The van der Waals surface area contributed by atoms with Crippen LogP contribution in [0.15, 0.2) is 18.2 Å². The molecule has 0 spiro atoms. The molecule has 0 unspecified atom stereocenters. The van der Waals surface area contributed by atoms with Crippen molar-refractivity contribution in [3.63, 3.8) is 0 Å². The second kappa shape index (κ2) is 5.85. The molecule has 92 valence electrons. The topological polar surface area (TPSA) is 20.3 Å². The second-order valence-corrected chi connectivity index (χ2v) is 5.11. The third kappa shape index (κ3) is 3.21. The van der Waals surface area contributed by atoms with Gasteiger partial charge in [0.05, 0.1) is 10.0 Å². The second-order valence-electron chi connectivity index (χ2n) is 4.32. The molecule has 4 heteroatoms. The third-order valence-electron chi connectivity index (χ3n) is 3.11. The van der Waals surface area contributed by atoms with Crippen LogP contribution in [0.1, 0.15) is 29.6 Å². The summed E-state index contributed by atoms with van der Waals surface area (Å²) in [5, 5.41) is 0.819. The smallest absolute Gasteiger partial charge is 0.165 e. The number of halogens is 2. The number of carbonyl (C=O) groups is 1. The van der Waals surface area contributed by atoms with Gasteiger partial charge in [0, 0.05) is 18.5 Å². The Bertz CT molecular complexity index is 414. The highest BCUT2D eigenvalue weighted by Crippen LogP contribution is 2.26. The van der Waals surface area contributed by atoms with E-state index in [0.717, 1.165) is 19.6 Å². The van der Waals surface area contributed by atoms with Crippen LogP contribution >= 0.6 is 23.2 Å². The van der Waals surface area contributed by atoms with E-state index < -0.39 is 0 Å². The summed E-state index contributed by atoms with van der Waals surface area (Å²) in [7, 11) is 0. The van der Waals surface area contributed by atoms with E-state index in [4.69, 9.17) is 23.2 Å². The van der Waals surface area contributed by atoms with Crippen LogP contribution in [0.5, 0.6) is 0 Å². The number of ketones is 1. The molecular formula is C13H15Cl2NO. The van der Waals surface area contributed by atoms with Gasteiger partial charge in [-0.15, -0.1) is 0 Å². The van der Waals surface area contributed by atoms with Crippen LogP contribution in [0.2, 0.25) is 10.0 Å². The van der Waals surface area contributed by atoms with Crippen molar-refractivity contribution in [3.8, 4) is 0 Å².